The Labute approximate surface area is 117 Å². The molecule has 0 aliphatic carbocycles. The topological polar surface area (TPSA) is 17.1 Å². The van der Waals surface area contributed by atoms with E-state index in [-0.39, 0.29) is 16.4 Å². The summed E-state index contributed by atoms with van der Waals surface area (Å²) in [6.45, 7) is 5.69. The molecule has 2 aromatic rings. The van der Waals surface area contributed by atoms with Gasteiger partial charge in [0.25, 0.3) is 0 Å². The quantitative estimate of drug-likeness (QED) is 0.731. The lowest BCUT2D eigenvalue weighted by Crippen LogP contribution is -2.08. The summed E-state index contributed by atoms with van der Waals surface area (Å²) in [5.74, 6) is -0.888. The number of hydrogen-bond donors (Lipinski definition) is 0. The highest BCUT2D eigenvalue weighted by Crippen LogP contribution is 2.23. The SMILES string of the molecule is Cc1cc(C)c(C(=O)c2ccc(Cl)cc2F)c(C)c1. The average molecular weight is 277 g/mol. The van der Waals surface area contributed by atoms with E-state index in [1.165, 1.54) is 12.1 Å². The van der Waals surface area contributed by atoms with Crippen LogP contribution < -0.4 is 0 Å². The van der Waals surface area contributed by atoms with E-state index in [1.54, 1.807) is 0 Å². The lowest BCUT2D eigenvalue weighted by atomic mass is 9.93. The van der Waals surface area contributed by atoms with Gasteiger partial charge in [0.05, 0.1) is 5.56 Å². The van der Waals surface area contributed by atoms with Crippen molar-refractivity contribution >= 4 is 17.4 Å². The van der Waals surface area contributed by atoms with Gasteiger partial charge in [-0.25, -0.2) is 4.39 Å². The predicted molar refractivity (Wildman–Crippen MR) is 75.5 cm³/mol. The van der Waals surface area contributed by atoms with Crippen molar-refractivity contribution in [2.45, 2.75) is 20.8 Å². The van der Waals surface area contributed by atoms with Gasteiger partial charge in [0.15, 0.2) is 5.78 Å². The summed E-state index contributed by atoms with van der Waals surface area (Å²) < 4.78 is 13.8. The summed E-state index contributed by atoms with van der Waals surface area (Å²) >= 11 is 5.70. The van der Waals surface area contributed by atoms with Gasteiger partial charge in [0.1, 0.15) is 5.82 Å². The number of benzene rings is 2. The number of halogens is 2. The highest BCUT2D eigenvalue weighted by Gasteiger charge is 2.18. The Morgan fingerprint density at radius 1 is 1.05 bits per heavy atom. The molecule has 2 rings (SSSR count). The van der Waals surface area contributed by atoms with Gasteiger partial charge in [0, 0.05) is 10.6 Å². The zero-order chi connectivity index (χ0) is 14.2. The molecule has 1 nitrogen and oxygen atoms in total. The molecule has 0 fully saturated rings. The van der Waals surface area contributed by atoms with Gasteiger partial charge < -0.3 is 0 Å². The van der Waals surface area contributed by atoms with E-state index in [2.05, 4.69) is 0 Å². The van der Waals surface area contributed by atoms with Crippen molar-refractivity contribution in [2.75, 3.05) is 0 Å². The highest BCUT2D eigenvalue weighted by atomic mass is 35.5. The second-order valence-corrected chi connectivity index (χ2v) is 5.16. The second kappa shape index (κ2) is 5.14. The van der Waals surface area contributed by atoms with Crippen LogP contribution in [0.2, 0.25) is 5.02 Å². The van der Waals surface area contributed by atoms with E-state index in [0.717, 1.165) is 22.8 Å². The molecule has 0 saturated carbocycles. The Kier molecular flexibility index (Phi) is 3.72. The maximum atomic E-state index is 13.8. The van der Waals surface area contributed by atoms with Crippen LogP contribution in [0.3, 0.4) is 0 Å². The van der Waals surface area contributed by atoms with Crippen LogP contribution in [0.1, 0.15) is 32.6 Å². The Hall–Kier alpha value is -1.67. The maximum absolute atomic E-state index is 13.8. The summed E-state index contributed by atoms with van der Waals surface area (Å²) in [4.78, 5) is 12.4. The highest BCUT2D eigenvalue weighted by molar-refractivity contribution is 6.30. The molecule has 0 saturated heterocycles. The smallest absolute Gasteiger partial charge is 0.196 e. The van der Waals surface area contributed by atoms with E-state index in [0.29, 0.717) is 5.56 Å². The fraction of sp³-hybridized carbons (Fsp3) is 0.188. The minimum atomic E-state index is -0.586. The molecule has 0 N–H and O–H groups in total. The molecular formula is C16H14ClFO. The average Bonchev–Trinajstić information content (AvgIpc) is 2.26. The molecule has 2 aromatic carbocycles. The standard InChI is InChI=1S/C16H14ClFO/c1-9-6-10(2)15(11(3)7-9)16(19)13-5-4-12(17)8-14(13)18/h4-8H,1-3H3. The molecule has 0 aliphatic heterocycles. The van der Waals surface area contributed by atoms with E-state index in [4.69, 9.17) is 11.6 Å². The molecular weight excluding hydrogens is 263 g/mol. The van der Waals surface area contributed by atoms with Crippen molar-refractivity contribution < 1.29 is 9.18 Å². The summed E-state index contributed by atoms with van der Waals surface area (Å²) in [7, 11) is 0. The normalized spacial score (nSPS) is 10.6. The zero-order valence-electron chi connectivity index (χ0n) is 11.1. The number of hydrogen-bond acceptors (Lipinski definition) is 1. The number of aryl methyl sites for hydroxylation is 3. The number of ketones is 1. The van der Waals surface area contributed by atoms with Crippen LogP contribution in [-0.2, 0) is 0 Å². The first-order chi connectivity index (χ1) is 8.90. The summed E-state index contributed by atoms with van der Waals surface area (Å²) in [6.07, 6.45) is 0. The first kappa shape index (κ1) is 13.8. The van der Waals surface area contributed by atoms with E-state index < -0.39 is 5.82 Å². The predicted octanol–water partition coefficient (Wildman–Crippen LogP) is 4.64. The first-order valence-electron chi connectivity index (χ1n) is 5.97. The fourth-order valence-corrected chi connectivity index (χ4v) is 2.51. The monoisotopic (exact) mass is 276 g/mol. The van der Waals surface area contributed by atoms with Crippen molar-refractivity contribution in [1.29, 1.82) is 0 Å². The van der Waals surface area contributed by atoms with Crippen LogP contribution >= 0.6 is 11.6 Å². The molecule has 0 atom stereocenters. The summed E-state index contributed by atoms with van der Waals surface area (Å²) in [6, 6.07) is 7.96. The Bertz CT molecular complexity index is 639. The maximum Gasteiger partial charge on any atom is 0.196 e. The van der Waals surface area contributed by atoms with Gasteiger partial charge >= 0.3 is 0 Å². The van der Waals surface area contributed by atoms with Crippen LogP contribution in [0, 0.1) is 26.6 Å². The van der Waals surface area contributed by atoms with E-state index in [1.807, 2.05) is 32.9 Å². The molecule has 0 heterocycles. The Balaban J connectivity index is 2.56. The minimum absolute atomic E-state index is 0.0550. The molecule has 0 amide bonds. The summed E-state index contributed by atoms with van der Waals surface area (Å²) in [5.41, 5.74) is 3.42. The minimum Gasteiger partial charge on any atom is -0.288 e. The third-order valence-corrected chi connectivity index (χ3v) is 3.31. The second-order valence-electron chi connectivity index (χ2n) is 4.73. The van der Waals surface area contributed by atoms with Crippen LogP contribution in [0.25, 0.3) is 0 Å². The van der Waals surface area contributed by atoms with Crippen molar-refractivity contribution in [1.82, 2.24) is 0 Å². The third kappa shape index (κ3) is 2.69. The van der Waals surface area contributed by atoms with Crippen LogP contribution in [0.4, 0.5) is 4.39 Å². The zero-order valence-corrected chi connectivity index (χ0v) is 11.8. The molecule has 98 valence electrons. The molecule has 19 heavy (non-hydrogen) atoms. The third-order valence-electron chi connectivity index (χ3n) is 3.08. The first-order valence-corrected chi connectivity index (χ1v) is 6.35. The van der Waals surface area contributed by atoms with Crippen LogP contribution in [0.15, 0.2) is 30.3 Å². The molecule has 0 radical (unpaired) electrons. The van der Waals surface area contributed by atoms with Gasteiger partial charge in [-0.3, -0.25) is 4.79 Å². The van der Waals surface area contributed by atoms with Crippen molar-refractivity contribution in [3.05, 3.63) is 69.0 Å². The fourth-order valence-electron chi connectivity index (χ4n) is 2.35. The lowest BCUT2D eigenvalue weighted by molar-refractivity contribution is 0.103. The van der Waals surface area contributed by atoms with Crippen molar-refractivity contribution in [3.63, 3.8) is 0 Å². The molecule has 0 unspecified atom stereocenters. The van der Waals surface area contributed by atoms with Gasteiger partial charge in [-0.2, -0.15) is 0 Å². The Morgan fingerprint density at radius 2 is 1.63 bits per heavy atom. The van der Waals surface area contributed by atoms with E-state index in [9.17, 15) is 9.18 Å². The summed E-state index contributed by atoms with van der Waals surface area (Å²) in [5, 5.41) is 0.284. The molecule has 3 heteroatoms. The number of rotatable bonds is 2. The molecule has 0 spiro atoms. The van der Waals surface area contributed by atoms with Gasteiger partial charge in [-0.15, -0.1) is 0 Å². The van der Waals surface area contributed by atoms with Crippen LogP contribution in [-0.4, -0.2) is 5.78 Å². The van der Waals surface area contributed by atoms with Gasteiger partial charge in [0.2, 0.25) is 0 Å². The Morgan fingerprint density at radius 3 is 2.16 bits per heavy atom. The molecule has 0 bridgehead atoms. The molecule has 0 aliphatic rings. The number of carbonyl (C=O) groups is 1. The number of carbonyl (C=O) groups excluding carboxylic acids is 1. The van der Waals surface area contributed by atoms with E-state index >= 15 is 0 Å². The van der Waals surface area contributed by atoms with Crippen molar-refractivity contribution in [2.24, 2.45) is 0 Å². The van der Waals surface area contributed by atoms with Crippen LogP contribution in [0.5, 0.6) is 0 Å². The van der Waals surface area contributed by atoms with Gasteiger partial charge in [-0.05, 0) is 50.1 Å². The van der Waals surface area contributed by atoms with Crippen molar-refractivity contribution in [3.8, 4) is 0 Å². The largest absolute Gasteiger partial charge is 0.288 e. The lowest BCUT2D eigenvalue weighted by Gasteiger charge is -2.11. The van der Waals surface area contributed by atoms with Gasteiger partial charge in [-0.1, -0.05) is 29.3 Å². The molecule has 0 aromatic heterocycles.